The molecule has 4 nitrogen and oxygen atoms in total. The molecule has 0 aliphatic carbocycles. The number of nitrogens with one attached hydrogen (secondary N) is 1. The van der Waals surface area contributed by atoms with E-state index in [9.17, 15) is 9.59 Å². The number of carbonyl (C=O) groups excluding carboxylic acids is 2. The van der Waals surface area contributed by atoms with E-state index in [-0.39, 0.29) is 11.9 Å². The van der Waals surface area contributed by atoms with Crippen molar-refractivity contribution in [3.63, 3.8) is 0 Å². The minimum atomic E-state index is -0.449. The smallest absolute Gasteiger partial charge is 0.329 e. The zero-order valence-corrected chi connectivity index (χ0v) is 13.3. The van der Waals surface area contributed by atoms with Crippen LogP contribution in [0, 0.1) is 0 Å². The Kier molecular flexibility index (Phi) is 9.54. The van der Waals surface area contributed by atoms with Crippen LogP contribution in [-0.4, -0.2) is 36.0 Å². The Morgan fingerprint density at radius 3 is 2.50 bits per heavy atom. The number of amides is 1. The highest BCUT2D eigenvalue weighted by atomic mass is 32.2. The highest BCUT2D eigenvalue weighted by Gasteiger charge is 2.26. The van der Waals surface area contributed by atoms with Crippen LogP contribution in [0.3, 0.4) is 0 Å². The molecule has 1 amide bonds. The summed E-state index contributed by atoms with van der Waals surface area (Å²) in [6.45, 7) is 2.70. The van der Waals surface area contributed by atoms with Crippen LogP contribution in [0.5, 0.6) is 0 Å². The largest absolute Gasteiger partial charge is 0.464 e. The standard InChI is InChI=1S/C15H27NO3S/c1-2-3-4-5-6-7-8-9-10-19-15(18)13-11-20-12-14(17)16-13/h13H,2-12H2,1H3,(H,16,17)/t13-/m0/s1. The van der Waals surface area contributed by atoms with E-state index >= 15 is 0 Å². The molecule has 0 aromatic rings. The van der Waals surface area contributed by atoms with Gasteiger partial charge >= 0.3 is 5.97 Å². The molecule has 1 heterocycles. The molecule has 1 N–H and O–H groups in total. The first-order chi connectivity index (χ1) is 9.74. The van der Waals surface area contributed by atoms with Gasteiger partial charge in [0, 0.05) is 5.75 Å². The lowest BCUT2D eigenvalue weighted by molar-refractivity contribution is -0.147. The van der Waals surface area contributed by atoms with Crippen molar-refractivity contribution in [1.29, 1.82) is 0 Å². The Labute approximate surface area is 126 Å². The number of hydrogen-bond donors (Lipinski definition) is 1. The van der Waals surface area contributed by atoms with Crippen molar-refractivity contribution in [2.75, 3.05) is 18.1 Å². The molecule has 116 valence electrons. The van der Waals surface area contributed by atoms with Gasteiger partial charge in [0.1, 0.15) is 6.04 Å². The molecule has 1 saturated heterocycles. The molecule has 0 radical (unpaired) electrons. The first-order valence-corrected chi connectivity index (χ1v) is 8.93. The van der Waals surface area contributed by atoms with Crippen LogP contribution in [0.2, 0.25) is 0 Å². The zero-order valence-electron chi connectivity index (χ0n) is 12.5. The minimum absolute atomic E-state index is 0.0738. The second-order valence-corrected chi connectivity index (χ2v) is 6.31. The molecular formula is C15H27NO3S. The van der Waals surface area contributed by atoms with E-state index in [0.29, 0.717) is 18.1 Å². The molecule has 0 saturated carbocycles. The molecule has 20 heavy (non-hydrogen) atoms. The topological polar surface area (TPSA) is 55.4 Å². The summed E-state index contributed by atoms with van der Waals surface area (Å²) < 4.78 is 5.21. The van der Waals surface area contributed by atoms with E-state index in [0.717, 1.165) is 12.8 Å². The third-order valence-corrected chi connectivity index (χ3v) is 4.41. The summed E-state index contributed by atoms with van der Waals surface area (Å²) in [4.78, 5) is 22.9. The quantitative estimate of drug-likeness (QED) is 0.498. The normalized spacial score (nSPS) is 18.6. The maximum atomic E-state index is 11.7. The predicted molar refractivity (Wildman–Crippen MR) is 82.8 cm³/mol. The molecule has 1 fully saturated rings. The summed E-state index contributed by atoms with van der Waals surface area (Å²) in [5, 5.41) is 2.66. The zero-order chi connectivity index (χ0) is 14.6. The molecular weight excluding hydrogens is 274 g/mol. The van der Waals surface area contributed by atoms with Crippen LogP contribution in [0.25, 0.3) is 0 Å². The lowest BCUT2D eigenvalue weighted by Crippen LogP contribution is -2.47. The van der Waals surface area contributed by atoms with Crippen LogP contribution >= 0.6 is 11.8 Å². The first kappa shape index (κ1) is 17.3. The fourth-order valence-corrected chi connectivity index (χ4v) is 3.03. The van der Waals surface area contributed by atoms with E-state index in [1.165, 1.54) is 50.3 Å². The van der Waals surface area contributed by atoms with Gasteiger partial charge < -0.3 is 10.1 Å². The average molecular weight is 301 g/mol. The SMILES string of the molecule is CCCCCCCCCCOC(=O)[C@@H]1CSCC(=O)N1. The lowest BCUT2D eigenvalue weighted by atomic mass is 10.1. The van der Waals surface area contributed by atoms with Gasteiger partial charge in [-0.25, -0.2) is 4.79 Å². The van der Waals surface area contributed by atoms with E-state index in [4.69, 9.17) is 4.74 Å². The fourth-order valence-electron chi connectivity index (χ4n) is 2.18. The molecule has 0 aromatic carbocycles. The second kappa shape index (κ2) is 11.0. The van der Waals surface area contributed by atoms with Crippen LogP contribution in [0.4, 0.5) is 0 Å². The molecule has 1 atom stereocenters. The molecule has 0 aromatic heterocycles. The molecule has 0 unspecified atom stereocenters. The Morgan fingerprint density at radius 2 is 1.85 bits per heavy atom. The van der Waals surface area contributed by atoms with Gasteiger partial charge in [0.05, 0.1) is 12.4 Å². The Balaban J connectivity index is 1.93. The summed E-state index contributed by atoms with van der Waals surface area (Å²) in [7, 11) is 0. The maximum Gasteiger partial charge on any atom is 0.329 e. The van der Waals surface area contributed by atoms with Crippen LogP contribution in [0.15, 0.2) is 0 Å². The van der Waals surface area contributed by atoms with Crippen molar-refractivity contribution in [3.8, 4) is 0 Å². The van der Waals surface area contributed by atoms with Gasteiger partial charge in [-0.15, -0.1) is 11.8 Å². The molecule has 1 aliphatic heterocycles. The van der Waals surface area contributed by atoms with E-state index in [1.54, 1.807) is 0 Å². The molecule has 5 heteroatoms. The minimum Gasteiger partial charge on any atom is -0.464 e. The first-order valence-electron chi connectivity index (χ1n) is 7.77. The van der Waals surface area contributed by atoms with Gasteiger partial charge in [0.25, 0.3) is 0 Å². The average Bonchev–Trinajstić information content (AvgIpc) is 2.45. The number of carbonyl (C=O) groups is 2. The summed E-state index contributed by atoms with van der Waals surface area (Å²) in [5.41, 5.74) is 0. The number of thioether (sulfide) groups is 1. The van der Waals surface area contributed by atoms with Crippen molar-refractivity contribution in [3.05, 3.63) is 0 Å². The molecule has 1 aliphatic rings. The van der Waals surface area contributed by atoms with Gasteiger partial charge in [-0.3, -0.25) is 4.79 Å². The fraction of sp³-hybridized carbons (Fsp3) is 0.867. The Hall–Kier alpha value is -0.710. The van der Waals surface area contributed by atoms with Crippen LogP contribution in [-0.2, 0) is 14.3 Å². The maximum absolute atomic E-state index is 11.7. The summed E-state index contributed by atoms with van der Waals surface area (Å²) in [5.74, 6) is 0.716. The van der Waals surface area contributed by atoms with E-state index in [1.807, 2.05) is 0 Å². The number of esters is 1. The highest BCUT2D eigenvalue weighted by molar-refractivity contribution is 8.00. The third-order valence-electron chi connectivity index (χ3n) is 3.38. The van der Waals surface area contributed by atoms with E-state index < -0.39 is 6.04 Å². The number of ether oxygens (including phenoxy) is 1. The van der Waals surface area contributed by atoms with Gasteiger partial charge in [-0.1, -0.05) is 51.9 Å². The Morgan fingerprint density at radius 1 is 1.20 bits per heavy atom. The summed E-state index contributed by atoms with van der Waals surface area (Å²) in [6, 6.07) is -0.449. The second-order valence-electron chi connectivity index (χ2n) is 5.28. The molecule has 1 rings (SSSR count). The molecule has 0 bridgehead atoms. The van der Waals surface area contributed by atoms with Crippen molar-refractivity contribution >= 4 is 23.6 Å². The highest BCUT2D eigenvalue weighted by Crippen LogP contribution is 2.11. The van der Waals surface area contributed by atoms with Gasteiger partial charge in [0.15, 0.2) is 0 Å². The van der Waals surface area contributed by atoms with Crippen LogP contribution < -0.4 is 5.32 Å². The van der Waals surface area contributed by atoms with Crippen molar-refractivity contribution in [2.45, 2.75) is 64.3 Å². The summed E-state index contributed by atoms with van der Waals surface area (Å²) in [6.07, 6.45) is 9.82. The van der Waals surface area contributed by atoms with Crippen molar-refractivity contribution in [2.24, 2.45) is 0 Å². The van der Waals surface area contributed by atoms with Crippen LogP contribution in [0.1, 0.15) is 58.3 Å². The Bertz CT molecular complexity index is 297. The van der Waals surface area contributed by atoms with Crippen molar-refractivity contribution < 1.29 is 14.3 Å². The van der Waals surface area contributed by atoms with Crippen molar-refractivity contribution in [1.82, 2.24) is 5.32 Å². The number of unbranched alkanes of at least 4 members (excludes halogenated alkanes) is 7. The monoisotopic (exact) mass is 301 g/mol. The molecule has 0 spiro atoms. The number of hydrogen-bond acceptors (Lipinski definition) is 4. The van der Waals surface area contributed by atoms with Gasteiger partial charge in [-0.05, 0) is 6.42 Å². The lowest BCUT2D eigenvalue weighted by Gasteiger charge is -2.21. The van der Waals surface area contributed by atoms with Gasteiger partial charge in [0.2, 0.25) is 5.91 Å². The predicted octanol–water partition coefficient (Wildman–Crippen LogP) is 2.90. The summed E-state index contributed by atoms with van der Waals surface area (Å²) >= 11 is 1.48. The third kappa shape index (κ3) is 7.78. The van der Waals surface area contributed by atoms with Gasteiger partial charge in [-0.2, -0.15) is 0 Å². The number of rotatable bonds is 10. The van der Waals surface area contributed by atoms with E-state index in [2.05, 4.69) is 12.2 Å².